The predicted molar refractivity (Wildman–Crippen MR) is 147 cm³/mol. The van der Waals surface area contributed by atoms with Gasteiger partial charge in [0.25, 0.3) is 0 Å². The second kappa shape index (κ2) is 14.4. The van der Waals surface area contributed by atoms with Crippen LogP contribution in [0.3, 0.4) is 0 Å². The first kappa shape index (κ1) is 26.6. The maximum absolute atomic E-state index is 14.5. The molecule has 2 nitrogen and oxygen atoms in total. The van der Waals surface area contributed by atoms with Crippen molar-refractivity contribution in [3.63, 3.8) is 0 Å². The van der Waals surface area contributed by atoms with Crippen molar-refractivity contribution in [2.24, 2.45) is 0 Å². The molecule has 0 radical (unpaired) electrons. The third-order valence-corrected chi connectivity index (χ3v) is 6.13. The fourth-order valence-corrected chi connectivity index (χ4v) is 4.04. The van der Waals surface area contributed by atoms with Gasteiger partial charge in [-0.1, -0.05) is 80.5 Å². The van der Waals surface area contributed by atoms with E-state index in [1.54, 1.807) is 12.1 Å². The first-order valence-corrected chi connectivity index (χ1v) is 12.8. The molecule has 0 amide bonds. The van der Waals surface area contributed by atoms with Gasteiger partial charge in [-0.25, -0.2) is 4.39 Å². The van der Waals surface area contributed by atoms with Crippen LogP contribution in [0.25, 0.3) is 28.5 Å². The molecule has 184 valence electrons. The molecule has 0 aliphatic heterocycles. The Morgan fingerprint density at radius 1 is 1.00 bits per heavy atom. The third kappa shape index (κ3) is 8.60. The van der Waals surface area contributed by atoms with Crippen LogP contribution in [0.2, 0.25) is 0 Å². The number of pyridine rings is 1. The Labute approximate surface area is 210 Å². The van der Waals surface area contributed by atoms with E-state index in [1.807, 2.05) is 48.7 Å². The predicted octanol–water partition coefficient (Wildman–Crippen LogP) is 9.06. The maximum atomic E-state index is 14.5. The normalized spacial score (nSPS) is 12.2. The molecule has 0 fully saturated rings. The maximum Gasteiger partial charge on any atom is 0.131 e. The number of hydrogen-bond donors (Lipinski definition) is 0. The van der Waals surface area contributed by atoms with Gasteiger partial charge in [-0.15, -0.1) is 6.58 Å². The highest BCUT2D eigenvalue weighted by Crippen LogP contribution is 2.27. The summed E-state index contributed by atoms with van der Waals surface area (Å²) >= 11 is 0. The number of halogens is 1. The average Bonchev–Trinajstić information content (AvgIpc) is 2.87. The second-order valence-electron chi connectivity index (χ2n) is 9.08. The summed E-state index contributed by atoms with van der Waals surface area (Å²) in [5, 5.41) is 0. The van der Waals surface area contributed by atoms with Crippen molar-refractivity contribution in [1.29, 1.82) is 0 Å². The van der Waals surface area contributed by atoms with Crippen molar-refractivity contribution in [3.05, 3.63) is 96.5 Å². The van der Waals surface area contributed by atoms with E-state index in [0.29, 0.717) is 18.1 Å². The second-order valence-corrected chi connectivity index (χ2v) is 9.08. The molecule has 35 heavy (non-hydrogen) atoms. The Bertz CT molecular complexity index is 1070. The van der Waals surface area contributed by atoms with Crippen molar-refractivity contribution in [3.8, 4) is 22.4 Å². The van der Waals surface area contributed by atoms with Crippen molar-refractivity contribution in [2.75, 3.05) is 6.61 Å². The monoisotopic (exact) mass is 471 g/mol. The van der Waals surface area contributed by atoms with E-state index in [9.17, 15) is 4.39 Å². The molecule has 3 rings (SSSR count). The number of unbranched alkanes of at least 4 members (excludes halogenated alkanes) is 3. The molecule has 1 atom stereocenters. The molecule has 2 aromatic carbocycles. The van der Waals surface area contributed by atoms with E-state index in [1.165, 1.54) is 12.8 Å². The molecule has 0 aliphatic carbocycles. The lowest BCUT2D eigenvalue weighted by Crippen LogP contribution is -2.08. The summed E-state index contributed by atoms with van der Waals surface area (Å²) in [6.45, 7) is 8.98. The lowest BCUT2D eigenvalue weighted by molar-refractivity contribution is 0.0566. The van der Waals surface area contributed by atoms with Gasteiger partial charge in [0.15, 0.2) is 0 Å². The molecule has 0 bridgehead atoms. The molecule has 1 unspecified atom stereocenters. The van der Waals surface area contributed by atoms with Crippen molar-refractivity contribution < 1.29 is 9.13 Å². The lowest BCUT2D eigenvalue weighted by atomic mass is 10.00. The number of hydrogen-bond acceptors (Lipinski definition) is 2. The molecular formula is C32H38FNO. The van der Waals surface area contributed by atoms with Crippen LogP contribution in [-0.2, 0) is 11.2 Å². The number of ether oxygens (including phenoxy) is 1. The molecule has 1 heterocycles. The van der Waals surface area contributed by atoms with Gasteiger partial charge in [-0.3, -0.25) is 4.98 Å². The van der Waals surface area contributed by atoms with E-state index >= 15 is 0 Å². The Kier molecular flexibility index (Phi) is 10.9. The van der Waals surface area contributed by atoms with Crippen LogP contribution in [0.15, 0.2) is 79.5 Å². The number of rotatable bonds is 14. The zero-order valence-corrected chi connectivity index (χ0v) is 21.2. The van der Waals surface area contributed by atoms with Gasteiger partial charge in [-0.2, -0.15) is 0 Å². The third-order valence-electron chi connectivity index (χ3n) is 6.13. The highest BCUT2D eigenvalue weighted by atomic mass is 19.1. The summed E-state index contributed by atoms with van der Waals surface area (Å²) in [4.78, 5) is 4.62. The molecular weight excluding hydrogens is 433 g/mol. The van der Waals surface area contributed by atoms with Crippen LogP contribution in [0, 0.1) is 5.82 Å². The van der Waals surface area contributed by atoms with Crippen LogP contribution in [0.4, 0.5) is 4.39 Å². The summed E-state index contributed by atoms with van der Waals surface area (Å²) in [5.41, 5.74) is 5.41. The van der Waals surface area contributed by atoms with Crippen LogP contribution in [0.5, 0.6) is 0 Å². The summed E-state index contributed by atoms with van der Waals surface area (Å²) in [6, 6.07) is 17.4. The smallest absolute Gasteiger partial charge is 0.131 e. The number of nitrogens with zero attached hydrogens (tertiary/aromatic N) is 1. The highest BCUT2D eigenvalue weighted by Gasteiger charge is 2.07. The van der Waals surface area contributed by atoms with E-state index in [4.69, 9.17) is 4.74 Å². The quantitative estimate of drug-likeness (QED) is 0.173. The number of allylic oxidation sites excluding steroid dienone is 2. The van der Waals surface area contributed by atoms with E-state index in [2.05, 4.69) is 43.6 Å². The fourth-order valence-electron chi connectivity index (χ4n) is 4.04. The van der Waals surface area contributed by atoms with Crippen LogP contribution >= 0.6 is 0 Å². The molecule has 0 spiro atoms. The average molecular weight is 472 g/mol. The molecule has 0 aliphatic rings. The first-order valence-electron chi connectivity index (χ1n) is 12.8. The molecule has 3 heteroatoms. The molecule has 0 saturated heterocycles. The zero-order valence-electron chi connectivity index (χ0n) is 21.2. The summed E-state index contributed by atoms with van der Waals surface area (Å²) in [6.07, 6.45) is 15.9. The molecule has 1 aromatic heterocycles. The summed E-state index contributed by atoms with van der Waals surface area (Å²) < 4.78 is 20.4. The fraction of sp³-hybridized carbons (Fsp3) is 0.344. The largest absolute Gasteiger partial charge is 0.379 e. The van der Waals surface area contributed by atoms with Crippen LogP contribution in [0.1, 0.15) is 63.5 Å². The number of aromatic nitrogens is 1. The van der Waals surface area contributed by atoms with Gasteiger partial charge in [0, 0.05) is 23.9 Å². The van der Waals surface area contributed by atoms with E-state index in [0.717, 1.165) is 60.2 Å². The molecule has 0 saturated carbocycles. The standard InChI is InChI=1S/C32H38FNO/c1-4-6-10-22-35-25(3)12-8-7-9-13-27-15-21-32(34-24-27)29-18-16-28(17-19-29)30-20-14-26(11-5-2)23-31(30)33/h5,9,13-21,23-25H,2,4,6-8,10-12,22H2,1,3H3. The van der Waals surface area contributed by atoms with E-state index < -0.39 is 0 Å². The van der Waals surface area contributed by atoms with Gasteiger partial charge in [0.2, 0.25) is 0 Å². The Hall–Kier alpha value is -3.04. The Morgan fingerprint density at radius 2 is 1.80 bits per heavy atom. The van der Waals surface area contributed by atoms with Gasteiger partial charge in [0.05, 0.1) is 11.8 Å². The van der Waals surface area contributed by atoms with Gasteiger partial charge >= 0.3 is 0 Å². The van der Waals surface area contributed by atoms with Crippen molar-refractivity contribution >= 4 is 6.08 Å². The van der Waals surface area contributed by atoms with Crippen LogP contribution in [-0.4, -0.2) is 17.7 Å². The molecule has 3 aromatic rings. The lowest BCUT2D eigenvalue weighted by Gasteiger charge is -2.11. The Morgan fingerprint density at radius 3 is 2.49 bits per heavy atom. The topological polar surface area (TPSA) is 22.1 Å². The summed E-state index contributed by atoms with van der Waals surface area (Å²) in [7, 11) is 0. The number of benzene rings is 2. The Balaban J connectivity index is 1.49. The summed E-state index contributed by atoms with van der Waals surface area (Å²) in [5.74, 6) is -0.208. The highest BCUT2D eigenvalue weighted by molar-refractivity contribution is 5.69. The van der Waals surface area contributed by atoms with Crippen LogP contribution < -0.4 is 0 Å². The van der Waals surface area contributed by atoms with Gasteiger partial charge in [0.1, 0.15) is 5.82 Å². The van der Waals surface area contributed by atoms with Crippen molar-refractivity contribution in [2.45, 2.75) is 64.9 Å². The van der Waals surface area contributed by atoms with Gasteiger partial charge in [-0.05, 0) is 67.9 Å². The van der Waals surface area contributed by atoms with E-state index in [-0.39, 0.29) is 5.82 Å². The van der Waals surface area contributed by atoms with Crippen molar-refractivity contribution in [1.82, 2.24) is 4.98 Å². The SMILES string of the molecule is C=CCc1ccc(-c2ccc(-c3ccc(C=CCCCC(C)OCCCCC)cn3)cc2)c(F)c1. The minimum Gasteiger partial charge on any atom is -0.379 e. The minimum atomic E-state index is -0.208. The van der Waals surface area contributed by atoms with Gasteiger partial charge < -0.3 is 4.74 Å². The minimum absolute atomic E-state index is 0.208. The zero-order chi connectivity index (χ0) is 24.9. The molecule has 0 N–H and O–H groups in total. The first-order chi connectivity index (χ1) is 17.1.